The molecule has 0 aliphatic rings. The quantitative estimate of drug-likeness (QED) is 0.468. The summed E-state index contributed by atoms with van der Waals surface area (Å²) in [4.78, 5) is 12.7. The van der Waals surface area contributed by atoms with E-state index in [4.69, 9.17) is 5.73 Å². The average Bonchev–Trinajstić information content (AvgIpc) is 2.64. The van der Waals surface area contributed by atoms with Gasteiger partial charge in [-0.3, -0.25) is 0 Å². The van der Waals surface area contributed by atoms with Gasteiger partial charge in [0.1, 0.15) is 0 Å². The van der Waals surface area contributed by atoms with Crippen LogP contribution in [0.25, 0.3) is 0 Å². The van der Waals surface area contributed by atoms with Crippen LogP contribution >= 0.6 is 0 Å². The molecular formula is C17H24F3N7. The van der Waals surface area contributed by atoms with Crippen LogP contribution in [-0.4, -0.2) is 34.6 Å². The molecule has 2 rings (SSSR count). The Morgan fingerprint density at radius 1 is 0.963 bits per heavy atom. The van der Waals surface area contributed by atoms with Crippen LogP contribution in [0.4, 0.5) is 31.0 Å². The molecule has 0 bridgehead atoms. The number of aromatic nitrogens is 3. The first kappa shape index (κ1) is 20.7. The van der Waals surface area contributed by atoms with Gasteiger partial charge in [0.25, 0.3) is 0 Å². The topological polar surface area (TPSA) is 101 Å². The minimum Gasteiger partial charge on any atom is -0.354 e. The molecule has 1 aromatic heterocycles. The molecule has 10 heteroatoms. The van der Waals surface area contributed by atoms with Crippen molar-refractivity contribution in [2.24, 2.45) is 5.73 Å². The number of hydrogen-bond donors (Lipinski definition) is 4. The smallest absolute Gasteiger partial charge is 0.354 e. The van der Waals surface area contributed by atoms with Crippen LogP contribution in [0, 0.1) is 0 Å². The summed E-state index contributed by atoms with van der Waals surface area (Å²) < 4.78 is 38.5. The summed E-state index contributed by atoms with van der Waals surface area (Å²) in [5.74, 6) is 1.01. The summed E-state index contributed by atoms with van der Waals surface area (Å²) in [6, 6.07) is 5.12. The Morgan fingerprint density at radius 2 is 1.59 bits per heavy atom. The van der Waals surface area contributed by atoms with Gasteiger partial charge in [-0.25, -0.2) is 0 Å². The van der Waals surface area contributed by atoms with E-state index in [-0.39, 0.29) is 12.5 Å². The molecule has 0 fully saturated rings. The molecular weight excluding hydrogens is 359 g/mol. The van der Waals surface area contributed by atoms with Crippen molar-refractivity contribution in [1.29, 1.82) is 0 Å². The van der Waals surface area contributed by atoms with Crippen LogP contribution in [0.5, 0.6) is 0 Å². The zero-order valence-corrected chi connectivity index (χ0v) is 15.1. The van der Waals surface area contributed by atoms with Crippen LogP contribution in [-0.2, 0) is 12.7 Å². The summed E-state index contributed by atoms with van der Waals surface area (Å²) in [5.41, 5.74) is 5.26. The molecule has 0 radical (unpaired) electrons. The van der Waals surface area contributed by atoms with Gasteiger partial charge in [0, 0.05) is 26.2 Å². The monoisotopic (exact) mass is 383 g/mol. The van der Waals surface area contributed by atoms with E-state index in [0.29, 0.717) is 37.1 Å². The Bertz CT molecular complexity index is 722. The maximum atomic E-state index is 12.8. The second-order valence-electron chi connectivity index (χ2n) is 5.85. The van der Waals surface area contributed by atoms with Crippen LogP contribution in [0.2, 0.25) is 0 Å². The highest BCUT2D eigenvalue weighted by molar-refractivity contribution is 5.42. The second-order valence-corrected chi connectivity index (χ2v) is 5.85. The molecule has 0 aliphatic heterocycles. The zero-order valence-electron chi connectivity index (χ0n) is 15.1. The van der Waals surface area contributed by atoms with Crippen molar-refractivity contribution in [3.05, 3.63) is 35.4 Å². The van der Waals surface area contributed by atoms with E-state index in [9.17, 15) is 13.2 Å². The Balaban J connectivity index is 2.10. The number of nitrogens with two attached hydrogens (primary N) is 1. The minimum atomic E-state index is -4.38. The fourth-order valence-corrected chi connectivity index (χ4v) is 2.21. The van der Waals surface area contributed by atoms with Gasteiger partial charge >= 0.3 is 6.18 Å². The van der Waals surface area contributed by atoms with Gasteiger partial charge < -0.3 is 21.7 Å². The number of alkyl halides is 3. The van der Waals surface area contributed by atoms with Crippen molar-refractivity contribution in [2.75, 3.05) is 35.6 Å². The minimum absolute atomic E-state index is 0.151. The zero-order chi connectivity index (χ0) is 19.7. The molecule has 0 aliphatic carbocycles. The maximum Gasteiger partial charge on any atom is 0.416 e. The Hall–Kier alpha value is -2.62. The summed E-state index contributed by atoms with van der Waals surface area (Å²) in [6.45, 7) is 3.84. The van der Waals surface area contributed by atoms with Gasteiger partial charge in [-0.05, 0) is 24.1 Å². The van der Waals surface area contributed by atoms with Gasteiger partial charge in [-0.1, -0.05) is 25.5 Å². The average molecular weight is 383 g/mol. The lowest BCUT2D eigenvalue weighted by molar-refractivity contribution is -0.137. The number of halogens is 3. The van der Waals surface area contributed by atoms with Gasteiger partial charge in [0.05, 0.1) is 5.56 Å². The van der Waals surface area contributed by atoms with Gasteiger partial charge in [0.2, 0.25) is 17.8 Å². The largest absolute Gasteiger partial charge is 0.416 e. The Kier molecular flexibility index (Phi) is 7.59. The lowest BCUT2D eigenvalue weighted by Crippen LogP contribution is -2.17. The summed E-state index contributed by atoms with van der Waals surface area (Å²) in [7, 11) is 0. The first-order valence-corrected chi connectivity index (χ1v) is 8.76. The number of hydrogen-bond acceptors (Lipinski definition) is 7. The third-order valence-electron chi connectivity index (χ3n) is 3.58. The summed E-state index contributed by atoms with van der Waals surface area (Å²) in [5, 5.41) is 9.03. The lowest BCUT2D eigenvalue weighted by Gasteiger charge is -2.12. The van der Waals surface area contributed by atoms with Crippen molar-refractivity contribution in [1.82, 2.24) is 15.0 Å². The maximum absolute atomic E-state index is 12.8. The molecule has 0 unspecified atom stereocenters. The van der Waals surface area contributed by atoms with Crippen LogP contribution in [0.1, 0.15) is 30.9 Å². The molecule has 5 N–H and O–H groups in total. The van der Waals surface area contributed by atoms with Crippen LogP contribution < -0.4 is 21.7 Å². The molecule has 0 saturated carbocycles. The van der Waals surface area contributed by atoms with Gasteiger partial charge in [0.15, 0.2) is 0 Å². The van der Waals surface area contributed by atoms with E-state index in [1.165, 1.54) is 6.07 Å². The lowest BCUT2D eigenvalue weighted by atomic mass is 10.1. The van der Waals surface area contributed by atoms with Crippen molar-refractivity contribution in [3.8, 4) is 0 Å². The molecule has 0 saturated heterocycles. The van der Waals surface area contributed by atoms with Gasteiger partial charge in [-0.2, -0.15) is 28.1 Å². The number of unbranched alkanes of at least 4 members (excludes halogenated alkanes) is 1. The highest BCUT2D eigenvalue weighted by Gasteiger charge is 2.30. The first-order chi connectivity index (χ1) is 12.9. The predicted molar refractivity (Wildman–Crippen MR) is 99.5 cm³/mol. The van der Waals surface area contributed by atoms with E-state index in [1.807, 2.05) is 0 Å². The Morgan fingerprint density at radius 3 is 2.19 bits per heavy atom. The molecule has 148 valence electrons. The molecule has 27 heavy (non-hydrogen) atoms. The van der Waals surface area contributed by atoms with E-state index < -0.39 is 11.7 Å². The number of nitrogens with one attached hydrogen (secondary N) is 3. The normalized spacial score (nSPS) is 11.3. The number of rotatable bonds is 10. The SMILES string of the molecule is CCCCNc1nc(NCCN)nc(NCc2cccc(C(F)(F)F)c2)n1. The molecule has 1 heterocycles. The first-order valence-electron chi connectivity index (χ1n) is 8.76. The molecule has 0 amide bonds. The fourth-order valence-electron chi connectivity index (χ4n) is 2.21. The number of benzene rings is 1. The summed E-state index contributed by atoms with van der Waals surface area (Å²) in [6.07, 6.45) is -2.39. The number of nitrogens with zero attached hydrogens (tertiary/aromatic N) is 3. The number of anilines is 3. The Labute approximate surface area is 156 Å². The molecule has 0 atom stereocenters. The van der Waals surface area contributed by atoms with E-state index in [0.717, 1.165) is 25.0 Å². The van der Waals surface area contributed by atoms with Crippen molar-refractivity contribution in [2.45, 2.75) is 32.5 Å². The third-order valence-corrected chi connectivity index (χ3v) is 3.58. The summed E-state index contributed by atoms with van der Waals surface area (Å²) >= 11 is 0. The third kappa shape index (κ3) is 6.89. The van der Waals surface area contributed by atoms with Crippen molar-refractivity contribution < 1.29 is 13.2 Å². The van der Waals surface area contributed by atoms with Crippen LogP contribution in [0.15, 0.2) is 24.3 Å². The van der Waals surface area contributed by atoms with E-state index >= 15 is 0 Å². The molecule has 0 spiro atoms. The molecule has 1 aromatic carbocycles. The van der Waals surface area contributed by atoms with Gasteiger partial charge in [-0.15, -0.1) is 0 Å². The highest BCUT2D eigenvalue weighted by Crippen LogP contribution is 2.29. The highest BCUT2D eigenvalue weighted by atomic mass is 19.4. The molecule has 2 aromatic rings. The standard InChI is InChI=1S/C17H24F3N7/c1-2-3-8-22-14-25-15(23-9-7-21)27-16(26-14)24-11-12-5-4-6-13(10-12)17(18,19)20/h4-6,10H,2-3,7-9,11,21H2,1H3,(H3,22,23,24,25,26,27). The fraction of sp³-hybridized carbons (Fsp3) is 0.471. The van der Waals surface area contributed by atoms with E-state index in [2.05, 4.69) is 37.8 Å². The predicted octanol–water partition coefficient (Wildman–Crippen LogP) is 3.09. The molecule has 7 nitrogen and oxygen atoms in total. The van der Waals surface area contributed by atoms with Crippen LogP contribution in [0.3, 0.4) is 0 Å². The van der Waals surface area contributed by atoms with Crippen molar-refractivity contribution >= 4 is 17.8 Å². The second kappa shape index (κ2) is 9.91. The van der Waals surface area contributed by atoms with Crippen molar-refractivity contribution in [3.63, 3.8) is 0 Å². The van der Waals surface area contributed by atoms with E-state index in [1.54, 1.807) is 6.07 Å².